The first kappa shape index (κ1) is 31.1. The van der Waals surface area contributed by atoms with Gasteiger partial charge >= 0.3 is 0 Å². The number of non-ortho nitro benzene ring substituents is 2. The van der Waals surface area contributed by atoms with Crippen LogP contribution in [0.5, 0.6) is 11.5 Å². The number of nitro benzene ring substituents is 2. The highest BCUT2D eigenvalue weighted by Crippen LogP contribution is 2.36. The lowest BCUT2D eigenvalue weighted by atomic mass is 10.1. The summed E-state index contributed by atoms with van der Waals surface area (Å²) in [4.78, 5) is 34.2. The molecule has 46 heavy (non-hydrogen) atoms. The molecule has 4 aromatic carbocycles. The van der Waals surface area contributed by atoms with Crippen LogP contribution in [0.1, 0.15) is 35.1 Å². The van der Waals surface area contributed by atoms with Crippen molar-refractivity contribution in [3.8, 4) is 11.5 Å². The van der Waals surface area contributed by atoms with Crippen molar-refractivity contribution in [2.24, 2.45) is 20.5 Å². The Morgan fingerprint density at radius 3 is 1.37 bits per heavy atom. The summed E-state index contributed by atoms with van der Waals surface area (Å²) in [5.41, 5.74) is 4.54. The van der Waals surface area contributed by atoms with Crippen LogP contribution in [0.4, 0.5) is 34.1 Å². The molecule has 1 aliphatic rings. The normalized spacial score (nSPS) is 15.0. The highest BCUT2D eigenvalue weighted by Gasteiger charge is 2.23. The van der Waals surface area contributed by atoms with Gasteiger partial charge in [-0.3, -0.25) is 25.0 Å². The number of ketones is 1. The molecule has 5 rings (SSSR count). The number of nitrogens with zero attached hydrogens (tertiary/aromatic N) is 6. The Morgan fingerprint density at radius 2 is 1.00 bits per heavy atom. The molecule has 0 spiro atoms. The van der Waals surface area contributed by atoms with Crippen molar-refractivity contribution in [3.05, 3.63) is 126 Å². The highest BCUT2D eigenvalue weighted by atomic mass is 16.6. The molecule has 4 aromatic rings. The maximum atomic E-state index is 13.3. The number of phenols is 2. The second kappa shape index (κ2) is 13.1. The number of carbonyl (C=O) groups is 1. The van der Waals surface area contributed by atoms with E-state index in [0.29, 0.717) is 57.6 Å². The summed E-state index contributed by atoms with van der Waals surface area (Å²) >= 11 is 0. The molecule has 13 heteroatoms. The molecule has 1 saturated carbocycles. The Bertz CT molecular complexity index is 1890. The van der Waals surface area contributed by atoms with Gasteiger partial charge in [0.1, 0.15) is 22.9 Å². The molecular formula is C33H26N6O7. The number of aromatic hydroxyl groups is 2. The molecule has 0 radical (unpaired) electrons. The summed E-state index contributed by atoms with van der Waals surface area (Å²) < 4.78 is 0. The van der Waals surface area contributed by atoms with E-state index in [-0.39, 0.29) is 40.0 Å². The molecule has 0 unspecified atom stereocenters. The van der Waals surface area contributed by atoms with Crippen molar-refractivity contribution in [1.82, 2.24) is 0 Å². The first-order chi connectivity index (χ1) is 22.0. The van der Waals surface area contributed by atoms with Crippen molar-refractivity contribution < 1.29 is 24.9 Å². The molecule has 0 heterocycles. The van der Waals surface area contributed by atoms with Crippen LogP contribution in [0.25, 0.3) is 12.2 Å². The largest absolute Gasteiger partial charge is 0.506 e. The average molecular weight is 619 g/mol. The van der Waals surface area contributed by atoms with Crippen molar-refractivity contribution >= 4 is 52.1 Å². The van der Waals surface area contributed by atoms with Crippen LogP contribution in [-0.2, 0) is 4.79 Å². The molecule has 13 nitrogen and oxygen atoms in total. The standard InChI is InChI=1S/C33H26N6O7/c1-19-13-25(38(43)44)7-9-27(19)34-36-29-17-21(3-11-31(29)40)15-23-5-6-24(33(23)42)16-22-4-12-32(41)30(18-22)37-35-28-10-8-26(39(45)46)14-20(28)2/h3-4,7-18,40-41H,5-6H2,1-2H3/b23-15-,24-16+,36-34?,37-35?. The summed E-state index contributed by atoms with van der Waals surface area (Å²) in [5.74, 6) is -0.379. The summed E-state index contributed by atoms with van der Waals surface area (Å²) in [6, 6.07) is 17.8. The third kappa shape index (κ3) is 7.05. The third-order valence-corrected chi connectivity index (χ3v) is 7.24. The number of hydrogen-bond acceptors (Lipinski definition) is 11. The molecular weight excluding hydrogens is 592 g/mol. The van der Waals surface area contributed by atoms with Crippen molar-refractivity contribution in [2.75, 3.05) is 0 Å². The Kier molecular flexibility index (Phi) is 8.84. The molecule has 2 N–H and O–H groups in total. The zero-order valence-corrected chi connectivity index (χ0v) is 24.6. The van der Waals surface area contributed by atoms with Gasteiger partial charge in [-0.1, -0.05) is 12.1 Å². The first-order valence-electron chi connectivity index (χ1n) is 13.9. The van der Waals surface area contributed by atoms with E-state index >= 15 is 0 Å². The number of allylic oxidation sites excluding steroid dienone is 2. The van der Waals surface area contributed by atoms with Gasteiger partial charge in [0.05, 0.1) is 21.2 Å². The molecule has 0 amide bonds. The van der Waals surface area contributed by atoms with Gasteiger partial charge in [-0.25, -0.2) is 0 Å². The van der Waals surface area contributed by atoms with Crippen LogP contribution in [0, 0.1) is 34.1 Å². The second-order valence-electron chi connectivity index (χ2n) is 10.5. The maximum Gasteiger partial charge on any atom is 0.269 e. The molecule has 230 valence electrons. The van der Waals surface area contributed by atoms with E-state index in [2.05, 4.69) is 20.5 Å². The summed E-state index contributed by atoms with van der Waals surface area (Å²) in [6.45, 7) is 3.34. The number of hydrogen-bond donors (Lipinski definition) is 2. The minimum atomic E-state index is -0.497. The quantitative estimate of drug-likeness (QED) is 0.0849. The summed E-state index contributed by atoms with van der Waals surface area (Å²) in [7, 11) is 0. The highest BCUT2D eigenvalue weighted by molar-refractivity contribution is 6.15. The molecule has 0 aliphatic heterocycles. The number of aryl methyl sites for hydroxylation is 2. The van der Waals surface area contributed by atoms with E-state index in [0.717, 1.165) is 0 Å². The number of phenolic OH excluding ortho intramolecular Hbond substituents is 2. The van der Waals surface area contributed by atoms with Gasteiger partial charge in [0.2, 0.25) is 0 Å². The number of benzene rings is 4. The SMILES string of the molecule is Cc1cc([N+](=O)[O-])ccc1N=Nc1cc(/C=C2/CC/C(=C\c3ccc(O)c(N=Nc4ccc([N+](=O)[O-])cc4C)c3)C2=O)ccc1O. The average Bonchev–Trinajstić information content (AvgIpc) is 3.36. The van der Waals surface area contributed by atoms with Crippen LogP contribution in [0.3, 0.4) is 0 Å². The topological polar surface area (TPSA) is 193 Å². The Balaban J connectivity index is 1.33. The fraction of sp³-hybridized carbons (Fsp3) is 0.121. The molecule has 1 aliphatic carbocycles. The first-order valence-corrected chi connectivity index (χ1v) is 13.9. The van der Waals surface area contributed by atoms with Gasteiger partial charge in [-0.2, -0.15) is 10.2 Å². The Labute approximate surface area is 261 Å². The fourth-order valence-corrected chi connectivity index (χ4v) is 4.75. The molecule has 0 bridgehead atoms. The van der Waals surface area contributed by atoms with Gasteiger partial charge in [0.25, 0.3) is 11.4 Å². The van der Waals surface area contributed by atoms with E-state index in [1.807, 2.05) is 0 Å². The zero-order chi connectivity index (χ0) is 33.0. The lowest BCUT2D eigenvalue weighted by molar-refractivity contribution is -0.385. The van der Waals surface area contributed by atoms with E-state index in [4.69, 9.17) is 0 Å². The molecule has 0 atom stereocenters. The van der Waals surface area contributed by atoms with Crippen molar-refractivity contribution in [2.45, 2.75) is 26.7 Å². The van der Waals surface area contributed by atoms with Crippen LogP contribution < -0.4 is 0 Å². The monoisotopic (exact) mass is 618 g/mol. The van der Waals surface area contributed by atoms with E-state index in [1.165, 1.54) is 48.5 Å². The minimum Gasteiger partial charge on any atom is -0.506 e. The van der Waals surface area contributed by atoms with Gasteiger partial charge in [-0.05, 0) is 97.5 Å². The van der Waals surface area contributed by atoms with Gasteiger partial charge < -0.3 is 10.2 Å². The van der Waals surface area contributed by atoms with Gasteiger partial charge in [-0.15, -0.1) is 10.2 Å². The van der Waals surface area contributed by atoms with Gasteiger partial charge in [0, 0.05) is 35.4 Å². The predicted octanol–water partition coefficient (Wildman–Crippen LogP) is 9.19. The van der Waals surface area contributed by atoms with Crippen LogP contribution in [0.15, 0.2) is 104 Å². The number of azo groups is 2. The Morgan fingerprint density at radius 1 is 0.609 bits per heavy atom. The maximum absolute atomic E-state index is 13.3. The number of Topliss-reactive ketones (excluding diaryl/α,β-unsaturated/α-hetero) is 1. The van der Waals surface area contributed by atoms with Gasteiger partial charge in [0.15, 0.2) is 5.78 Å². The van der Waals surface area contributed by atoms with Crippen molar-refractivity contribution in [3.63, 3.8) is 0 Å². The second-order valence-corrected chi connectivity index (χ2v) is 10.5. The molecule has 0 saturated heterocycles. The van der Waals surface area contributed by atoms with E-state index in [9.17, 15) is 35.2 Å². The van der Waals surface area contributed by atoms with Crippen molar-refractivity contribution in [1.29, 1.82) is 0 Å². The molecule has 1 fully saturated rings. The number of nitro groups is 2. The Hall–Kier alpha value is -6.37. The molecule has 0 aromatic heterocycles. The predicted molar refractivity (Wildman–Crippen MR) is 170 cm³/mol. The fourth-order valence-electron chi connectivity index (χ4n) is 4.75. The lowest BCUT2D eigenvalue weighted by Gasteiger charge is -2.03. The van der Waals surface area contributed by atoms with Crippen LogP contribution in [-0.4, -0.2) is 25.8 Å². The number of carbonyl (C=O) groups excluding carboxylic acids is 1. The van der Waals surface area contributed by atoms with E-state index in [1.54, 1.807) is 50.3 Å². The van der Waals surface area contributed by atoms with Crippen LogP contribution >= 0.6 is 0 Å². The van der Waals surface area contributed by atoms with Crippen LogP contribution in [0.2, 0.25) is 0 Å². The third-order valence-electron chi connectivity index (χ3n) is 7.24. The summed E-state index contributed by atoms with van der Waals surface area (Å²) in [6.07, 6.45) is 4.44. The number of rotatable bonds is 8. The van der Waals surface area contributed by atoms with E-state index < -0.39 is 9.85 Å². The zero-order valence-electron chi connectivity index (χ0n) is 24.6. The minimum absolute atomic E-state index is 0.0614. The summed E-state index contributed by atoms with van der Waals surface area (Å²) in [5, 5.41) is 59.1. The lowest BCUT2D eigenvalue weighted by Crippen LogP contribution is -1.95. The smallest absolute Gasteiger partial charge is 0.269 e.